The maximum Gasteiger partial charge on any atom is 0.326 e. The summed E-state index contributed by atoms with van der Waals surface area (Å²) in [5.74, 6) is -0.980. The highest BCUT2D eigenvalue weighted by atomic mass is 127. The molecule has 3 aliphatic rings. The normalized spacial score (nSPS) is 17.4. The second-order valence-electron chi connectivity index (χ2n) is 22.5. The molecule has 0 amide bonds. The Morgan fingerprint density at radius 2 is 0.939 bits per heavy atom. The Balaban J connectivity index is 0.000000196. The first kappa shape index (κ1) is 81.8. The number of ether oxygens (including phenoxy) is 5. The molecule has 9 aromatic rings. The molecule has 0 radical (unpaired) electrons. The number of halogens is 9. The van der Waals surface area contributed by atoms with Gasteiger partial charge in [0.15, 0.2) is 16.3 Å². The fraction of sp³-hybridized carbons (Fsp3) is 0.409. The van der Waals surface area contributed by atoms with Gasteiger partial charge in [0.05, 0.1) is 109 Å². The number of carbonyl (C=O) groups excluding carboxylic acids is 2. The van der Waals surface area contributed by atoms with Crippen LogP contribution in [0.1, 0.15) is 52.4 Å². The van der Waals surface area contributed by atoms with Crippen molar-refractivity contribution in [2.45, 2.75) is 123 Å². The predicted molar refractivity (Wildman–Crippen MR) is 417 cm³/mol. The molecule has 0 saturated heterocycles. The lowest BCUT2D eigenvalue weighted by molar-refractivity contribution is -0.144. The minimum absolute atomic E-state index is 0. The molecular weight excluding hydrogens is 1620 g/mol. The van der Waals surface area contributed by atoms with Crippen molar-refractivity contribution in [2.24, 2.45) is 5.73 Å². The standard InChI is InChI=1S/C22H23Cl2N3O4S.C21H21Cl2N3O4S.C17H13Cl3N2O3S.C5H11NO.CH3I.ClH/c1-4-31-17(28)10-27-18-13(5-6-15(23)20(18)32-3)19(29)14-9-16(24)21(26-22(14)27)25-11-7-12(8-11)30-2;1-25(10-6-11(7-10)30-2)21-15(23)8-13-18(29)12-4-5-14(22)19(31-3)17(12)26(9-16(27)28)20(13)24-21;1-3-25-12(23)7-22-13-8(4-5-10(18)15(13)26-2)14(24)9-6-11(19)16(20)21-17(9)22;1-7-5-2-4(6)3-5;1-2;/h5-6,9,11-12H,4,7-8,10H2,1-3H3,(H,25,26);4-5,8,10-11H,6-7,9H2,1-3H3,(H,27,28);4-6H,3,7H2,1-2H3;4-5H,2-3,6H2,1H3;1H3;1H. The summed E-state index contributed by atoms with van der Waals surface area (Å²) in [6.07, 6.45) is 11.9. The van der Waals surface area contributed by atoms with Crippen LogP contribution in [0.4, 0.5) is 11.6 Å². The van der Waals surface area contributed by atoms with Gasteiger partial charge in [-0.2, -0.15) is 0 Å². The van der Waals surface area contributed by atoms with Crippen molar-refractivity contribution in [1.82, 2.24) is 28.7 Å². The van der Waals surface area contributed by atoms with Crippen LogP contribution < -0.4 is 32.2 Å². The van der Waals surface area contributed by atoms with E-state index in [0.717, 1.165) is 38.5 Å². The number of carbonyl (C=O) groups is 3. The number of alkyl halides is 1. The van der Waals surface area contributed by atoms with Crippen LogP contribution in [0.15, 0.2) is 83.7 Å². The molecule has 21 nitrogen and oxygen atoms in total. The molecule has 99 heavy (non-hydrogen) atoms. The van der Waals surface area contributed by atoms with Crippen molar-refractivity contribution in [3.8, 4) is 0 Å². The first-order valence-corrected chi connectivity index (χ1v) is 38.9. The number of anilines is 2. The van der Waals surface area contributed by atoms with Gasteiger partial charge >= 0.3 is 17.9 Å². The second-order valence-corrected chi connectivity index (χ2v) is 27.8. The highest BCUT2D eigenvalue weighted by molar-refractivity contribution is 14.1. The van der Waals surface area contributed by atoms with E-state index in [9.17, 15) is 33.9 Å². The number of carboxylic acids is 1. The van der Waals surface area contributed by atoms with Crippen LogP contribution in [-0.4, -0.2) is 153 Å². The van der Waals surface area contributed by atoms with Crippen molar-refractivity contribution in [2.75, 3.05) is 75.5 Å². The van der Waals surface area contributed by atoms with Gasteiger partial charge in [-0.05, 0) is 131 Å². The number of methoxy groups -OCH3 is 3. The summed E-state index contributed by atoms with van der Waals surface area (Å²) in [5.41, 5.74) is 7.14. The summed E-state index contributed by atoms with van der Waals surface area (Å²) in [6, 6.07) is 15.3. The number of carboxylic acid groups (broad SMARTS) is 1. The van der Waals surface area contributed by atoms with Crippen molar-refractivity contribution in [3.05, 3.63) is 121 Å². The Morgan fingerprint density at radius 1 is 0.566 bits per heavy atom. The van der Waals surface area contributed by atoms with E-state index in [0.29, 0.717) is 107 Å². The van der Waals surface area contributed by atoms with E-state index < -0.39 is 17.9 Å². The molecule has 3 saturated carbocycles. The number of esters is 2. The van der Waals surface area contributed by atoms with E-state index in [1.165, 1.54) is 41.4 Å². The summed E-state index contributed by atoms with van der Waals surface area (Å²) < 4.78 is 30.8. The number of aliphatic carboxylic acids is 1. The first-order chi connectivity index (χ1) is 46.8. The molecule has 0 aliphatic heterocycles. The Kier molecular flexibility index (Phi) is 30.4. The minimum Gasteiger partial charge on any atom is -0.480 e. The fourth-order valence-electron chi connectivity index (χ4n) is 11.6. The first-order valence-electron chi connectivity index (χ1n) is 30.4. The van der Waals surface area contributed by atoms with Crippen LogP contribution in [0.25, 0.3) is 65.8 Å². The zero-order valence-electron chi connectivity index (χ0n) is 55.2. The average Bonchev–Trinajstić information content (AvgIpc) is 0.748. The topological polar surface area (TPSA) is 264 Å². The molecule has 3 aliphatic carbocycles. The molecule has 534 valence electrons. The van der Waals surface area contributed by atoms with Crippen molar-refractivity contribution in [1.29, 1.82) is 0 Å². The van der Waals surface area contributed by atoms with Crippen LogP contribution in [0, 0.1) is 0 Å². The van der Waals surface area contributed by atoms with Gasteiger partial charge in [-0.25, -0.2) is 15.0 Å². The van der Waals surface area contributed by atoms with Crippen molar-refractivity contribution in [3.63, 3.8) is 0 Å². The Bertz CT molecular complexity index is 4700. The van der Waals surface area contributed by atoms with E-state index in [1.54, 1.807) is 97.4 Å². The molecular formula is C66H72Cl8IN9O12S3. The van der Waals surface area contributed by atoms with Gasteiger partial charge in [0.1, 0.15) is 53.4 Å². The zero-order chi connectivity index (χ0) is 71.7. The van der Waals surface area contributed by atoms with Crippen LogP contribution >= 0.6 is 151 Å². The number of aromatic nitrogens is 6. The molecule has 0 atom stereocenters. The number of rotatable bonds is 18. The number of hydrogen-bond donors (Lipinski definition) is 3. The van der Waals surface area contributed by atoms with Gasteiger partial charge in [0.25, 0.3) is 0 Å². The summed E-state index contributed by atoms with van der Waals surface area (Å²) >= 11 is 50.5. The van der Waals surface area contributed by atoms with Crippen LogP contribution in [-0.2, 0) is 57.7 Å². The van der Waals surface area contributed by atoms with Gasteiger partial charge in [-0.3, -0.25) is 28.8 Å². The summed E-state index contributed by atoms with van der Waals surface area (Å²) in [5, 5.41) is 17.3. The number of nitrogens with zero attached hydrogens (tertiary/aromatic N) is 7. The van der Waals surface area contributed by atoms with Gasteiger partial charge in [-0.15, -0.1) is 47.7 Å². The number of benzene rings is 3. The molecule has 6 aromatic heterocycles. The van der Waals surface area contributed by atoms with Gasteiger partial charge in [0.2, 0.25) is 0 Å². The molecule has 6 heterocycles. The zero-order valence-corrected chi connectivity index (χ0v) is 66.0. The predicted octanol–water partition coefficient (Wildman–Crippen LogP) is 15.4. The number of pyridine rings is 6. The lowest BCUT2D eigenvalue weighted by Crippen LogP contribution is -2.46. The molecule has 0 spiro atoms. The fourth-order valence-corrected chi connectivity index (χ4v) is 15.5. The SMILES string of the molecule is CCOC(=O)Cn1c2nc(Cl)c(Cl)cc2c(=O)c2ccc(Cl)c(SC)c21.CCOC(=O)Cn1c2nc(NC3CC(OC)C3)c(Cl)cc2c(=O)c2ccc(Cl)c(SC)c21.CI.COC1CC(N(C)c2nc3c(cc2Cl)c(=O)c2ccc(Cl)c(SC)c2n3CC(=O)O)C1.COC1CC(N)C1.Cl. The third kappa shape index (κ3) is 18.0. The lowest BCUT2D eigenvalue weighted by Gasteiger charge is -2.41. The highest BCUT2D eigenvalue weighted by Gasteiger charge is 2.35. The largest absolute Gasteiger partial charge is 0.480 e. The monoisotopic (exact) mass is 1690 g/mol. The average molecular weight is 1690 g/mol. The number of fused-ring (bicyclic) bond motifs is 6. The lowest BCUT2D eigenvalue weighted by atomic mass is 9.88. The van der Waals surface area contributed by atoms with Crippen molar-refractivity contribution >= 4 is 247 Å². The summed E-state index contributed by atoms with van der Waals surface area (Å²) in [7, 11) is 7.00. The Labute approximate surface area is 637 Å². The summed E-state index contributed by atoms with van der Waals surface area (Å²) in [6.45, 7) is 3.34. The second kappa shape index (κ2) is 36.8. The van der Waals surface area contributed by atoms with Gasteiger partial charge in [-0.1, -0.05) is 104 Å². The third-order valence-electron chi connectivity index (χ3n) is 16.7. The molecule has 0 bridgehead atoms. The quantitative estimate of drug-likeness (QED) is 0.0180. The van der Waals surface area contributed by atoms with E-state index in [2.05, 4.69) is 32.9 Å². The number of nitrogens with two attached hydrogens (primary N) is 1. The number of hydrogen-bond acceptors (Lipinski definition) is 20. The highest BCUT2D eigenvalue weighted by Crippen LogP contribution is 2.40. The number of thioether (sulfide) groups is 3. The van der Waals surface area contributed by atoms with Crippen molar-refractivity contribution < 1.29 is 43.2 Å². The maximum atomic E-state index is 13.3. The Morgan fingerprint density at radius 3 is 1.32 bits per heavy atom. The third-order valence-corrected chi connectivity index (χ3v) is 21.7. The molecule has 3 fully saturated rings. The van der Waals surface area contributed by atoms with E-state index >= 15 is 0 Å². The minimum atomic E-state index is -1.05. The van der Waals surface area contributed by atoms with Crippen LogP contribution in [0.5, 0.6) is 0 Å². The molecule has 0 unspecified atom stereocenters. The smallest absolute Gasteiger partial charge is 0.326 e. The molecule has 3 aromatic carbocycles. The molecule has 33 heteroatoms. The number of nitrogens with one attached hydrogen (secondary N) is 1. The Hall–Kier alpha value is -4.53. The molecule has 12 rings (SSSR count). The van der Waals surface area contributed by atoms with E-state index in [-0.39, 0.29) is 118 Å². The summed E-state index contributed by atoms with van der Waals surface area (Å²) in [4.78, 5) is 95.5. The molecule has 4 N–H and O–H groups in total. The van der Waals surface area contributed by atoms with Crippen LogP contribution in [0.3, 0.4) is 0 Å². The van der Waals surface area contributed by atoms with Gasteiger partial charge in [0, 0.05) is 62.7 Å². The van der Waals surface area contributed by atoms with E-state index in [1.807, 2.05) is 35.6 Å². The van der Waals surface area contributed by atoms with Crippen LogP contribution in [0.2, 0.25) is 35.3 Å². The van der Waals surface area contributed by atoms with E-state index in [4.69, 9.17) is 121 Å². The maximum absolute atomic E-state index is 13.3. The van der Waals surface area contributed by atoms with Gasteiger partial charge < -0.3 is 58.4 Å².